The van der Waals surface area contributed by atoms with Gasteiger partial charge in [0.15, 0.2) is 18.1 Å². The lowest BCUT2D eigenvalue weighted by atomic mass is 10.2. The van der Waals surface area contributed by atoms with E-state index in [1.165, 1.54) is 12.3 Å². The number of fused-ring (bicyclic) bond motifs is 1. The van der Waals surface area contributed by atoms with Gasteiger partial charge in [-0.3, -0.25) is 4.79 Å². The number of amides is 1. The smallest absolute Gasteiger partial charge is 0.277 e. The van der Waals surface area contributed by atoms with E-state index in [1.807, 2.05) is 0 Å². The quantitative estimate of drug-likeness (QED) is 0.651. The second-order valence-corrected chi connectivity index (χ2v) is 5.61. The van der Waals surface area contributed by atoms with Crippen LogP contribution >= 0.6 is 23.2 Å². The van der Waals surface area contributed by atoms with Crippen LogP contribution in [0.3, 0.4) is 0 Å². The van der Waals surface area contributed by atoms with Crippen molar-refractivity contribution in [2.24, 2.45) is 5.10 Å². The lowest BCUT2D eigenvalue weighted by Crippen LogP contribution is -2.24. The maximum Gasteiger partial charge on any atom is 0.277 e. The molecule has 0 bridgehead atoms. The standard InChI is InChI=1S/C16H12Cl2N2O4/c17-11-2-3-12(18)14(6-11)22-8-16(21)20-19-7-10-1-4-13-15(5-10)24-9-23-13/h1-7H,8-9H2,(H,20,21)/b19-7+. The van der Waals surface area contributed by atoms with E-state index in [9.17, 15) is 4.79 Å². The van der Waals surface area contributed by atoms with Crippen LogP contribution in [0.25, 0.3) is 0 Å². The van der Waals surface area contributed by atoms with Gasteiger partial charge in [0.05, 0.1) is 11.2 Å². The van der Waals surface area contributed by atoms with Gasteiger partial charge in [-0.15, -0.1) is 0 Å². The minimum Gasteiger partial charge on any atom is -0.482 e. The monoisotopic (exact) mass is 366 g/mol. The van der Waals surface area contributed by atoms with Gasteiger partial charge in [-0.2, -0.15) is 5.10 Å². The van der Waals surface area contributed by atoms with E-state index in [1.54, 1.807) is 30.3 Å². The van der Waals surface area contributed by atoms with Crippen LogP contribution < -0.4 is 19.6 Å². The molecule has 1 N–H and O–H groups in total. The lowest BCUT2D eigenvalue weighted by Gasteiger charge is -2.07. The first-order chi connectivity index (χ1) is 11.6. The van der Waals surface area contributed by atoms with Crippen molar-refractivity contribution in [1.82, 2.24) is 5.43 Å². The van der Waals surface area contributed by atoms with Crippen LogP contribution in [0.5, 0.6) is 17.2 Å². The van der Waals surface area contributed by atoms with Crippen molar-refractivity contribution < 1.29 is 19.0 Å². The molecule has 0 spiro atoms. The van der Waals surface area contributed by atoms with Gasteiger partial charge in [-0.1, -0.05) is 23.2 Å². The Balaban J connectivity index is 1.51. The number of hydrogen-bond donors (Lipinski definition) is 1. The molecule has 24 heavy (non-hydrogen) atoms. The fourth-order valence-corrected chi connectivity index (χ4v) is 2.27. The van der Waals surface area contributed by atoms with E-state index >= 15 is 0 Å². The van der Waals surface area contributed by atoms with Crippen LogP contribution in [-0.4, -0.2) is 25.5 Å². The van der Waals surface area contributed by atoms with Gasteiger partial charge in [-0.05, 0) is 35.9 Å². The molecule has 6 nitrogen and oxygen atoms in total. The van der Waals surface area contributed by atoms with E-state index in [2.05, 4.69) is 10.5 Å². The summed E-state index contributed by atoms with van der Waals surface area (Å²) in [7, 11) is 0. The molecule has 0 unspecified atom stereocenters. The molecule has 124 valence electrons. The number of ether oxygens (including phenoxy) is 3. The van der Waals surface area contributed by atoms with Crippen molar-refractivity contribution in [3.63, 3.8) is 0 Å². The minimum absolute atomic E-state index is 0.204. The van der Waals surface area contributed by atoms with E-state index < -0.39 is 5.91 Å². The SMILES string of the molecule is O=C(COc1cc(Cl)ccc1Cl)N/N=C/c1ccc2c(c1)OCO2. The van der Waals surface area contributed by atoms with Gasteiger partial charge in [0.2, 0.25) is 6.79 Å². The highest BCUT2D eigenvalue weighted by atomic mass is 35.5. The molecule has 1 aliphatic rings. The van der Waals surface area contributed by atoms with Crippen molar-refractivity contribution in [1.29, 1.82) is 0 Å². The third kappa shape index (κ3) is 4.10. The molecule has 0 saturated carbocycles. The van der Waals surface area contributed by atoms with E-state index in [0.29, 0.717) is 27.3 Å². The largest absolute Gasteiger partial charge is 0.482 e. The topological polar surface area (TPSA) is 69.2 Å². The van der Waals surface area contributed by atoms with Gasteiger partial charge in [0.1, 0.15) is 5.75 Å². The van der Waals surface area contributed by atoms with Gasteiger partial charge in [-0.25, -0.2) is 5.43 Å². The third-order valence-electron chi connectivity index (χ3n) is 3.05. The van der Waals surface area contributed by atoms with Crippen LogP contribution in [0.2, 0.25) is 10.0 Å². The number of nitrogens with zero attached hydrogens (tertiary/aromatic N) is 1. The number of rotatable bonds is 5. The predicted octanol–water partition coefficient (Wildman–Crippen LogP) is 3.25. The molecular formula is C16H12Cl2N2O4. The highest BCUT2D eigenvalue weighted by molar-refractivity contribution is 6.34. The number of benzene rings is 2. The van der Waals surface area contributed by atoms with Gasteiger partial charge in [0, 0.05) is 11.1 Å². The Bertz CT molecular complexity index is 796. The van der Waals surface area contributed by atoms with Gasteiger partial charge < -0.3 is 14.2 Å². The average Bonchev–Trinajstić information content (AvgIpc) is 3.03. The Hall–Kier alpha value is -2.44. The zero-order valence-electron chi connectivity index (χ0n) is 12.3. The van der Waals surface area contributed by atoms with Crippen LogP contribution in [0.15, 0.2) is 41.5 Å². The zero-order valence-corrected chi connectivity index (χ0v) is 13.8. The number of hydrogen-bond acceptors (Lipinski definition) is 5. The fraction of sp³-hybridized carbons (Fsp3) is 0.125. The fourth-order valence-electron chi connectivity index (χ4n) is 1.94. The molecule has 8 heteroatoms. The summed E-state index contributed by atoms with van der Waals surface area (Å²) in [6, 6.07) is 10.1. The summed E-state index contributed by atoms with van der Waals surface area (Å²) in [5, 5.41) is 4.70. The summed E-state index contributed by atoms with van der Waals surface area (Å²) >= 11 is 11.8. The number of carbonyl (C=O) groups is 1. The molecule has 0 radical (unpaired) electrons. The first kappa shape index (κ1) is 16.4. The molecule has 3 rings (SSSR count). The minimum atomic E-state index is -0.428. The molecular weight excluding hydrogens is 355 g/mol. The maximum absolute atomic E-state index is 11.7. The molecule has 0 aromatic heterocycles. The first-order valence-electron chi connectivity index (χ1n) is 6.91. The summed E-state index contributed by atoms with van der Waals surface area (Å²) in [6.07, 6.45) is 1.49. The number of hydrazone groups is 1. The Kier molecular flexibility index (Phi) is 5.08. The summed E-state index contributed by atoms with van der Waals surface area (Å²) in [4.78, 5) is 11.7. The van der Waals surface area contributed by atoms with Crippen molar-refractivity contribution in [2.75, 3.05) is 13.4 Å². The normalized spacial score (nSPS) is 12.4. The zero-order chi connectivity index (χ0) is 16.9. The van der Waals surface area contributed by atoms with Crippen LogP contribution in [0.1, 0.15) is 5.56 Å². The molecule has 1 aliphatic heterocycles. The van der Waals surface area contributed by atoms with Crippen LogP contribution in [0, 0.1) is 0 Å². The summed E-state index contributed by atoms with van der Waals surface area (Å²) in [5.41, 5.74) is 3.12. The second kappa shape index (κ2) is 7.42. The molecule has 1 amide bonds. The number of halogens is 2. The molecule has 0 fully saturated rings. The molecule has 2 aromatic rings. The van der Waals surface area contributed by atoms with Crippen molar-refractivity contribution in [3.05, 3.63) is 52.0 Å². The second-order valence-electron chi connectivity index (χ2n) is 4.77. The predicted molar refractivity (Wildman–Crippen MR) is 90.3 cm³/mol. The van der Waals surface area contributed by atoms with E-state index in [-0.39, 0.29) is 13.4 Å². The van der Waals surface area contributed by atoms with Crippen molar-refractivity contribution >= 4 is 35.3 Å². The number of carbonyl (C=O) groups excluding carboxylic acids is 1. The molecule has 1 heterocycles. The first-order valence-corrected chi connectivity index (χ1v) is 7.67. The summed E-state index contributed by atoms with van der Waals surface area (Å²) in [6.45, 7) is -0.0331. The Morgan fingerprint density at radius 2 is 2.04 bits per heavy atom. The van der Waals surface area contributed by atoms with Crippen LogP contribution in [0.4, 0.5) is 0 Å². The molecule has 0 saturated heterocycles. The van der Waals surface area contributed by atoms with Crippen molar-refractivity contribution in [3.8, 4) is 17.2 Å². The van der Waals surface area contributed by atoms with E-state index in [4.69, 9.17) is 37.4 Å². The van der Waals surface area contributed by atoms with E-state index in [0.717, 1.165) is 5.56 Å². The lowest BCUT2D eigenvalue weighted by molar-refractivity contribution is -0.123. The summed E-state index contributed by atoms with van der Waals surface area (Å²) < 4.78 is 15.8. The third-order valence-corrected chi connectivity index (χ3v) is 3.60. The van der Waals surface area contributed by atoms with Gasteiger partial charge in [0.25, 0.3) is 5.91 Å². The molecule has 0 atom stereocenters. The Morgan fingerprint density at radius 3 is 2.92 bits per heavy atom. The maximum atomic E-state index is 11.7. The highest BCUT2D eigenvalue weighted by Gasteiger charge is 2.12. The van der Waals surface area contributed by atoms with Crippen molar-refractivity contribution in [2.45, 2.75) is 0 Å². The van der Waals surface area contributed by atoms with Crippen LogP contribution in [-0.2, 0) is 4.79 Å². The summed E-state index contributed by atoms with van der Waals surface area (Å²) in [5.74, 6) is 1.23. The Labute approximate surface area is 147 Å². The Morgan fingerprint density at radius 1 is 1.21 bits per heavy atom. The number of nitrogens with one attached hydrogen (secondary N) is 1. The van der Waals surface area contributed by atoms with Gasteiger partial charge >= 0.3 is 0 Å². The average molecular weight is 367 g/mol. The molecule has 2 aromatic carbocycles. The molecule has 0 aliphatic carbocycles. The highest BCUT2D eigenvalue weighted by Crippen LogP contribution is 2.32.